The summed E-state index contributed by atoms with van der Waals surface area (Å²) in [7, 11) is 0. The Morgan fingerprint density at radius 1 is 0.848 bits per heavy atom. The van der Waals surface area contributed by atoms with Gasteiger partial charge in [0.15, 0.2) is 12.4 Å². The quantitative estimate of drug-likeness (QED) is 0.361. The summed E-state index contributed by atoms with van der Waals surface area (Å²) in [6, 6.07) is 19.0. The lowest BCUT2D eigenvalue weighted by molar-refractivity contribution is -0.576. The number of benzene rings is 2. The Morgan fingerprint density at radius 2 is 1.48 bits per heavy atom. The summed E-state index contributed by atoms with van der Waals surface area (Å²) in [5.41, 5.74) is 1.08. The normalized spacial score (nSPS) is 13.8. The van der Waals surface area contributed by atoms with Gasteiger partial charge in [0, 0.05) is 17.7 Å². The first-order valence-electron chi connectivity index (χ1n) is 10.1. The summed E-state index contributed by atoms with van der Waals surface area (Å²) in [6.07, 6.45) is 3.24. The van der Waals surface area contributed by atoms with E-state index in [0.29, 0.717) is 11.4 Å². The molecule has 162 valence electrons. The van der Waals surface area contributed by atoms with Crippen LogP contribution in [0.2, 0.25) is 0 Å². The molecule has 1 aliphatic heterocycles. The Balaban J connectivity index is 1.74. The molecule has 0 spiro atoms. The fraction of sp³-hybridized carbons (Fsp3) is 0.0400. The van der Waals surface area contributed by atoms with Crippen molar-refractivity contribution in [3.05, 3.63) is 102 Å². The molecule has 2 aromatic carbocycles. The first-order valence-corrected chi connectivity index (χ1v) is 10.1. The van der Waals surface area contributed by atoms with E-state index in [0.717, 1.165) is 4.90 Å². The average Bonchev–Trinajstić information content (AvgIpc) is 3.26. The van der Waals surface area contributed by atoms with E-state index >= 15 is 0 Å². The van der Waals surface area contributed by atoms with Crippen LogP contribution in [0.15, 0.2) is 85.2 Å². The van der Waals surface area contributed by atoms with Gasteiger partial charge in [-0.25, -0.2) is 14.0 Å². The molecular weight excluding hydrogens is 423 g/mol. The molecule has 8 heteroatoms. The van der Waals surface area contributed by atoms with Gasteiger partial charge in [0.1, 0.15) is 11.4 Å². The molecule has 0 bridgehead atoms. The number of pyridine rings is 1. The van der Waals surface area contributed by atoms with Crippen LogP contribution in [-0.2, 0) is 9.59 Å². The van der Waals surface area contributed by atoms with Crippen LogP contribution < -0.4 is 14.6 Å². The predicted octanol–water partition coefficient (Wildman–Crippen LogP) is 2.62. The molecule has 5 rings (SSSR count). The van der Waals surface area contributed by atoms with Gasteiger partial charge in [-0.05, 0) is 49.2 Å². The number of nitrogens with zero attached hydrogens (tertiary/aromatic N) is 4. The minimum atomic E-state index is -0.675. The van der Waals surface area contributed by atoms with Crippen molar-refractivity contribution in [2.45, 2.75) is 6.92 Å². The van der Waals surface area contributed by atoms with Crippen molar-refractivity contribution in [3.63, 3.8) is 0 Å². The molecule has 0 N–H and O–H groups in total. The number of hydrogen-bond acceptors (Lipinski definition) is 4. The van der Waals surface area contributed by atoms with E-state index in [-0.39, 0.29) is 22.5 Å². The highest BCUT2D eigenvalue weighted by atomic mass is 19.1. The van der Waals surface area contributed by atoms with Crippen molar-refractivity contribution >= 4 is 28.8 Å². The van der Waals surface area contributed by atoms with E-state index in [1.54, 1.807) is 61.8 Å². The second kappa shape index (κ2) is 7.83. The summed E-state index contributed by atoms with van der Waals surface area (Å²) < 4.78 is 16.2. The van der Waals surface area contributed by atoms with Gasteiger partial charge in [0.05, 0.1) is 17.1 Å². The molecule has 1 aliphatic rings. The van der Waals surface area contributed by atoms with Gasteiger partial charge in [-0.15, -0.1) is 0 Å². The van der Waals surface area contributed by atoms with Gasteiger partial charge < -0.3 is 5.11 Å². The Bertz CT molecular complexity index is 1410. The second-order valence-electron chi connectivity index (χ2n) is 7.44. The third-order valence-corrected chi connectivity index (χ3v) is 5.39. The van der Waals surface area contributed by atoms with E-state index in [4.69, 9.17) is 0 Å². The first kappa shape index (κ1) is 20.3. The zero-order valence-corrected chi connectivity index (χ0v) is 17.5. The fourth-order valence-electron chi connectivity index (χ4n) is 3.89. The summed E-state index contributed by atoms with van der Waals surface area (Å²) >= 11 is 0. The largest absolute Gasteiger partial charge is 0.858 e. The number of imide groups is 1. The third-order valence-electron chi connectivity index (χ3n) is 5.39. The molecule has 0 unspecified atom stereocenters. The van der Waals surface area contributed by atoms with E-state index < -0.39 is 23.5 Å². The first-order chi connectivity index (χ1) is 16.0. The molecule has 3 heterocycles. The maximum atomic E-state index is 13.6. The van der Waals surface area contributed by atoms with E-state index in [1.807, 2.05) is 6.07 Å². The number of amides is 2. The Labute approximate surface area is 188 Å². The highest BCUT2D eigenvalue weighted by Gasteiger charge is 2.47. The van der Waals surface area contributed by atoms with Gasteiger partial charge in [-0.1, -0.05) is 24.3 Å². The van der Waals surface area contributed by atoms with E-state index in [9.17, 15) is 19.1 Å². The highest BCUT2D eigenvalue weighted by molar-refractivity contribution is 6.53. The molecule has 7 nitrogen and oxygen atoms in total. The molecule has 0 aliphatic carbocycles. The Hall–Kier alpha value is -4.59. The van der Waals surface area contributed by atoms with Crippen LogP contribution in [0.4, 0.5) is 10.1 Å². The lowest BCUT2D eigenvalue weighted by atomic mass is 10.0. The van der Waals surface area contributed by atoms with Crippen molar-refractivity contribution in [3.8, 4) is 11.6 Å². The minimum Gasteiger partial charge on any atom is -0.858 e. The lowest BCUT2D eigenvalue weighted by Crippen LogP contribution is -2.39. The number of aryl methyl sites for hydroxylation is 1. The molecule has 4 aromatic rings. The molecule has 2 amide bonds. The number of rotatable bonds is 4. The van der Waals surface area contributed by atoms with Crippen LogP contribution in [0.5, 0.6) is 5.88 Å². The summed E-state index contributed by atoms with van der Waals surface area (Å²) in [5, 5.41) is 17.8. The van der Waals surface area contributed by atoms with E-state index in [2.05, 4.69) is 5.10 Å². The number of aromatic nitrogens is 3. The topological polar surface area (TPSA) is 82.1 Å². The van der Waals surface area contributed by atoms with Crippen LogP contribution in [0, 0.1) is 12.7 Å². The number of para-hydroxylation sites is 1. The zero-order chi connectivity index (χ0) is 23.1. The van der Waals surface area contributed by atoms with Crippen LogP contribution >= 0.6 is 0 Å². The van der Waals surface area contributed by atoms with Crippen LogP contribution in [0.1, 0.15) is 11.3 Å². The smallest absolute Gasteiger partial charge is 0.331 e. The summed E-state index contributed by atoms with van der Waals surface area (Å²) in [4.78, 5) is 28.0. The molecule has 33 heavy (non-hydrogen) atoms. The van der Waals surface area contributed by atoms with Crippen molar-refractivity contribution in [1.82, 2.24) is 9.78 Å². The number of halogens is 1. The van der Waals surface area contributed by atoms with Crippen molar-refractivity contribution in [2.75, 3.05) is 4.90 Å². The van der Waals surface area contributed by atoms with Gasteiger partial charge in [-0.3, -0.25) is 9.59 Å². The maximum Gasteiger partial charge on any atom is 0.331 e. The standard InChI is InChI=1S/C25H17FN4O3/c1-16-20(24(32)30(27-16)19-8-4-2-5-9-19)21-22(28-14-6-3-7-15-28)25(33)29(23(21)31)18-12-10-17(26)11-13-18/h2-15H,1H3. The van der Waals surface area contributed by atoms with Crippen LogP contribution in [0.25, 0.3) is 17.0 Å². The maximum absolute atomic E-state index is 13.6. The Morgan fingerprint density at radius 3 is 2.15 bits per heavy atom. The highest BCUT2D eigenvalue weighted by Crippen LogP contribution is 2.38. The number of anilines is 1. The van der Waals surface area contributed by atoms with Crippen molar-refractivity contribution in [2.24, 2.45) is 0 Å². The molecule has 0 fully saturated rings. The van der Waals surface area contributed by atoms with Gasteiger partial charge in [0.2, 0.25) is 0 Å². The number of carbonyl (C=O) groups is 2. The number of carbonyl (C=O) groups excluding carboxylic acids is 2. The molecule has 0 saturated carbocycles. The third kappa shape index (κ3) is 3.28. The molecular formula is C25H17FN4O3. The molecule has 0 saturated heterocycles. The molecule has 0 atom stereocenters. The van der Waals surface area contributed by atoms with Crippen molar-refractivity contribution < 1.29 is 23.7 Å². The lowest BCUT2D eigenvalue weighted by Gasteiger charge is -2.15. The predicted molar refractivity (Wildman–Crippen MR) is 116 cm³/mol. The van der Waals surface area contributed by atoms with Crippen LogP contribution in [-0.4, -0.2) is 21.6 Å². The van der Waals surface area contributed by atoms with Gasteiger partial charge in [-0.2, -0.15) is 9.67 Å². The number of hydrogen-bond donors (Lipinski definition) is 0. The van der Waals surface area contributed by atoms with E-state index in [1.165, 1.54) is 33.5 Å². The molecule has 0 radical (unpaired) electrons. The fourth-order valence-corrected chi connectivity index (χ4v) is 3.89. The van der Waals surface area contributed by atoms with Gasteiger partial charge >= 0.3 is 5.91 Å². The summed E-state index contributed by atoms with van der Waals surface area (Å²) in [5.74, 6) is -2.30. The second-order valence-corrected chi connectivity index (χ2v) is 7.44. The van der Waals surface area contributed by atoms with Crippen molar-refractivity contribution in [1.29, 1.82) is 0 Å². The zero-order valence-electron chi connectivity index (χ0n) is 17.5. The average molecular weight is 440 g/mol. The monoisotopic (exact) mass is 440 g/mol. The molecule has 2 aromatic heterocycles. The summed E-state index contributed by atoms with van der Waals surface area (Å²) in [6.45, 7) is 1.62. The minimum absolute atomic E-state index is 0.0257. The SMILES string of the molecule is Cc1nn(-c2ccccc2)c([O-])c1C1=C([n+]2ccccc2)C(=O)N(c2ccc(F)cc2)C1=O. The van der Waals surface area contributed by atoms with Gasteiger partial charge in [0.25, 0.3) is 11.6 Å². The van der Waals surface area contributed by atoms with Crippen LogP contribution in [0.3, 0.4) is 0 Å². The Kier molecular flexibility index (Phi) is 4.82.